The zero-order valence-electron chi connectivity index (χ0n) is 16.6. The predicted octanol–water partition coefficient (Wildman–Crippen LogP) is 3.64. The molecule has 0 N–H and O–H groups in total. The van der Waals surface area contributed by atoms with Crippen molar-refractivity contribution in [1.29, 1.82) is 0 Å². The minimum atomic E-state index is -0.432. The highest BCUT2D eigenvalue weighted by atomic mass is 35.5. The molecule has 1 aliphatic carbocycles. The molecule has 6 heteroatoms. The number of amides is 2. The fraction of sp³-hybridized carbons (Fsp3) is 0.391. The van der Waals surface area contributed by atoms with Crippen molar-refractivity contribution in [3.05, 3.63) is 64.7 Å². The molecule has 2 aromatic rings. The number of nitrogens with zero attached hydrogens (tertiary/aromatic N) is 2. The van der Waals surface area contributed by atoms with Crippen LogP contribution < -0.4 is 4.74 Å². The number of carbonyl (C=O) groups excluding carboxylic acids is 2. The molecule has 2 fully saturated rings. The van der Waals surface area contributed by atoms with Crippen LogP contribution in [0.1, 0.15) is 30.4 Å². The minimum absolute atomic E-state index is 0.0902. The highest BCUT2D eigenvalue weighted by Gasteiger charge is 2.53. The van der Waals surface area contributed by atoms with Crippen molar-refractivity contribution < 1.29 is 14.3 Å². The van der Waals surface area contributed by atoms with Crippen LogP contribution in [-0.4, -0.2) is 48.4 Å². The van der Waals surface area contributed by atoms with E-state index in [1.165, 1.54) is 0 Å². The summed E-state index contributed by atoms with van der Waals surface area (Å²) in [5, 5.41) is 0.673. The van der Waals surface area contributed by atoms with E-state index in [1.54, 1.807) is 7.11 Å². The first-order valence-electron chi connectivity index (χ1n) is 9.98. The van der Waals surface area contributed by atoms with Crippen LogP contribution in [0, 0.1) is 0 Å². The summed E-state index contributed by atoms with van der Waals surface area (Å²) in [4.78, 5) is 29.7. The predicted molar refractivity (Wildman–Crippen MR) is 112 cm³/mol. The van der Waals surface area contributed by atoms with Crippen molar-refractivity contribution in [2.24, 2.45) is 0 Å². The van der Waals surface area contributed by atoms with Crippen LogP contribution in [0.5, 0.6) is 5.75 Å². The van der Waals surface area contributed by atoms with Gasteiger partial charge in [0.1, 0.15) is 5.75 Å². The summed E-state index contributed by atoms with van der Waals surface area (Å²) in [6, 6.07) is 15.3. The fourth-order valence-electron chi connectivity index (χ4n) is 4.01. The van der Waals surface area contributed by atoms with Gasteiger partial charge in [-0.1, -0.05) is 35.9 Å². The van der Waals surface area contributed by atoms with E-state index in [-0.39, 0.29) is 11.8 Å². The molecule has 2 aliphatic rings. The van der Waals surface area contributed by atoms with E-state index >= 15 is 0 Å². The third-order valence-corrected chi connectivity index (χ3v) is 6.22. The summed E-state index contributed by atoms with van der Waals surface area (Å²) in [6.45, 7) is 2.14. The van der Waals surface area contributed by atoms with Crippen LogP contribution in [0.25, 0.3) is 0 Å². The Morgan fingerprint density at radius 2 is 1.72 bits per heavy atom. The summed E-state index contributed by atoms with van der Waals surface area (Å²) < 4.78 is 5.19. The van der Waals surface area contributed by atoms with Crippen molar-refractivity contribution in [3.63, 3.8) is 0 Å². The zero-order chi connectivity index (χ0) is 20.4. The second kappa shape index (κ2) is 8.07. The van der Waals surface area contributed by atoms with Gasteiger partial charge in [-0.15, -0.1) is 0 Å². The molecule has 2 aromatic carbocycles. The standard InChI is InChI=1S/C23H25ClN2O3/c1-29-20-8-2-17(3-9-20)16-26-15-14-25(13-10-21(26)27)22(28)23(11-12-23)18-4-6-19(24)7-5-18/h2-9H,10-16H2,1H3. The minimum Gasteiger partial charge on any atom is -0.497 e. The molecule has 0 bridgehead atoms. The third-order valence-electron chi connectivity index (χ3n) is 5.96. The van der Waals surface area contributed by atoms with Crippen LogP contribution in [0.15, 0.2) is 48.5 Å². The average molecular weight is 413 g/mol. The van der Waals surface area contributed by atoms with E-state index in [4.69, 9.17) is 16.3 Å². The maximum absolute atomic E-state index is 13.3. The molecular weight excluding hydrogens is 388 g/mol. The summed E-state index contributed by atoms with van der Waals surface area (Å²) in [7, 11) is 1.63. The van der Waals surface area contributed by atoms with E-state index in [9.17, 15) is 9.59 Å². The lowest BCUT2D eigenvalue weighted by atomic mass is 9.94. The van der Waals surface area contributed by atoms with Gasteiger partial charge in [-0.25, -0.2) is 0 Å². The summed E-state index contributed by atoms with van der Waals surface area (Å²) in [5.74, 6) is 1.02. The molecule has 0 unspecified atom stereocenters. The molecule has 1 heterocycles. The first-order valence-corrected chi connectivity index (χ1v) is 10.4. The lowest BCUT2D eigenvalue weighted by Crippen LogP contribution is -2.41. The number of methoxy groups -OCH3 is 1. The number of halogens is 1. The molecule has 0 atom stereocenters. The zero-order valence-corrected chi connectivity index (χ0v) is 17.3. The molecule has 152 valence electrons. The van der Waals surface area contributed by atoms with E-state index in [0.717, 1.165) is 29.7 Å². The van der Waals surface area contributed by atoms with Crippen LogP contribution >= 0.6 is 11.6 Å². The second-order valence-corrected chi connectivity index (χ2v) is 8.23. The molecule has 0 spiro atoms. The maximum atomic E-state index is 13.3. The van der Waals surface area contributed by atoms with Crippen molar-refractivity contribution in [2.75, 3.05) is 26.7 Å². The number of hydrogen-bond donors (Lipinski definition) is 0. The van der Waals surface area contributed by atoms with Crippen LogP contribution in [-0.2, 0) is 21.5 Å². The van der Waals surface area contributed by atoms with E-state index in [2.05, 4.69) is 0 Å². The molecule has 1 aliphatic heterocycles. The van der Waals surface area contributed by atoms with Gasteiger partial charge in [0.05, 0.1) is 12.5 Å². The Morgan fingerprint density at radius 3 is 2.34 bits per heavy atom. The molecule has 1 saturated carbocycles. The summed E-state index contributed by atoms with van der Waals surface area (Å²) in [6.07, 6.45) is 2.07. The van der Waals surface area contributed by atoms with Gasteiger partial charge < -0.3 is 14.5 Å². The number of benzene rings is 2. The van der Waals surface area contributed by atoms with E-state index < -0.39 is 5.41 Å². The highest BCUT2D eigenvalue weighted by Crippen LogP contribution is 2.49. The van der Waals surface area contributed by atoms with Crippen molar-refractivity contribution in [2.45, 2.75) is 31.2 Å². The molecule has 1 saturated heterocycles. The normalized spacial score (nSPS) is 18.3. The molecule has 5 nitrogen and oxygen atoms in total. The van der Waals surface area contributed by atoms with E-state index in [1.807, 2.05) is 58.3 Å². The second-order valence-electron chi connectivity index (χ2n) is 7.79. The van der Waals surface area contributed by atoms with Gasteiger partial charge in [0.15, 0.2) is 0 Å². The smallest absolute Gasteiger partial charge is 0.233 e. The number of ether oxygens (including phenoxy) is 1. The molecule has 4 rings (SSSR count). The summed E-state index contributed by atoms with van der Waals surface area (Å²) in [5.41, 5.74) is 1.65. The van der Waals surface area contributed by atoms with Gasteiger partial charge in [0.25, 0.3) is 0 Å². The lowest BCUT2D eigenvalue weighted by molar-refractivity contribution is -0.133. The van der Waals surface area contributed by atoms with Crippen LogP contribution in [0.2, 0.25) is 5.02 Å². The Bertz CT molecular complexity index is 891. The molecule has 0 aromatic heterocycles. The fourth-order valence-corrected chi connectivity index (χ4v) is 4.14. The first-order chi connectivity index (χ1) is 14.0. The van der Waals surface area contributed by atoms with Crippen molar-refractivity contribution in [3.8, 4) is 5.75 Å². The van der Waals surface area contributed by atoms with Crippen molar-refractivity contribution in [1.82, 2.24) is 9.80 Å². The van der Waals surface area contributed by atoms with Crippen LogP contribution in [0.4, 0.5) is 0 Å². The highest BCUT2D eigenvalue weighted by molar-refractivity contribution is 6.30. The molecule has 2 amide bonds. The van der Waals surface area contributed by atoms with Gasteiger partial charge in [0.2, 0.25) is 11.8 Å². The summed E-state index contributed by atoms with van der Waals surface area (Å²) >= 11 is 6.00. The Hall–Kier alpha value is -2.53. The molecule has 29 heavy (non-hydrogen) atoms. The number of rotatable bonds is 5. The maximum Gasteiger partial charge on any atom is 0.233 e. The Kier molecular flexibility index (Phi) is 5.50. The SMILES string of the molecule is COc1ccc(CN2CCN(C(=O)C3(c4ccc(Cl)cc4)CC3)CCC2=O)cc1. The largest absolute Gasteiger partial charge is 0.497 e. The first kappa shape index (κ1) is 19.8. The molecule has 0 radical (unpaired) electrons. The Balaban J connectivity index is 1.43. The van der Waals surface area contributed by atoms with Gasteiger partial charge in [-0.05, 0) is 48.2 Å². The monoisotopic (exact) mass is 412 g/mol. The Morgan fingerprint density at radius 1 is 1.03 bits per heavy atom. The van der Waals surface area contributed by atoms with Gasteiger partial charge in [-0.2, -0.15) is 0 Å². The van der Waals surface area contributed by atoms with Crippen molar-refractivity contribution >= 4 is 23.4 Å². The van der Waals surface area contributed by atoms with E-state index in [0.29, 0.717) is 37.6 Å². The Labute approximate surface area is 176 Å². The number of hydrogen-bond acceptors (Lipinski definition) is 3. The lowest BCUT2D eigenvalue weighted by Gasteiger charge is -2.26. The van der Waals surface area contributed by atoms with Gasteiger partial charge in [0, 0.05) is 37.6 Å². The third kappa shape index (κ3) is 4.10. The topological polar surface area (TPSA) is 49.9 Å². The quantitative estimate of drug-likeness (QED) is 0.753. The van der Waals surface area contributed by atoms with Gasteiger partial charge in [-0.3, -0.25) is 9.59 Å². The average Bonchev–Trinajstić information content (AvgIpc) is 3.56. The van der Waals surface area contributed by atoms with Gasteiger partial charge >= 0.3 is 0 Å². The number of carbonyl (C=O) groups is 2. The molecular formula is C23H25ClN2O3. The van der Waals surface area contributed by atoms with Crippen LogP contribution in [0.3, 0.4) is 0 Å².